The minimum Gasteiger partial charge on any atom is -0.385 e. The van der Waals surface area contributed by atoms with E-state index in [9.17, 15) is 29.1 Å². The molecule has 0 aliphatic heterocycles. The molecule has 0 aromatic heterocycles. The Balaban J connectivity index is 0.000000160. The number of alkyl halides is 3. The van der Waals surface area contributed by atoms with Crippen LogP contribution in [0.2, 0.25) is 25.1 Å². The number of hydrogen-bond acceptors (Lipinski definition) is 11. The summed E-state index contributed by atoms with van der Waals surface area (Å²) in [6.07, 6.45) is 11.3. The quantitative estimate of drug-likeness (QED) is 0.0905. The Kier molecular flexibility index (Phi) is 23.6. The average Bonchev–Trinajstić information content (AvgIpc) is 3.54. The molecule has 79 heavy (non-hydrogen) atoms. The van der Waals surface area contributed by atoms with Crippen molar-refractivity contribution in [1.82, 2.24) is 0 Å². The van der Waals surface area contributed by atoms with Crippen LogP contribution < -0.4 is 28.7 Å². The van der Waals surface area contributed by atoms with Gasteiger partial charge in [-0.3, -0.25) is 24.0 Å². The van der Waals surface area contributed by atoms with Gasteiger partial charge in [-0.1, -0.05) is 203 Å². The Morgan fingerprint density at radius 1 is 0.354 bits per heavy atom. The lowest BCUT2D eigenvalue weighted by molar-refractivity contribution is -0.136. The Morgan fingerprint density at radius 2 is 0.595 bits per heavy atom. The fourth-order valence-corrected chi connectivity index (χ4v) is 14.6. The molecule has 0 heterocycles. The van der Waals surface area contributed by atoms with E-state index in [4.69, 9.17) is 86.7 Å². The molecule has 9 atom stereocenters. The van der Waals surface area contributed by atoms with Crippen molar-refractivity contribution in [3.8, 4) is 0 Å². The molecule has 424 valence electrons. The second kappa shape index (κ2) is 28.6. The van der Waals surface area contributed by atoms with Crippen LogP contribution in [0.4, 0.5) is 0 Å². The van der Waals surface area contributed by atoms with Crippen LogP contribution in [-0.4, -0.2) is 54.6 Å². The zero-order valence-electron chi connectivity index (χ0n) is 43.6. The number of Topliss-reactive ketones (excluding diaryl/α,β-unsaturated/α-hetero) is 5. The lowest BCUT2D eigenvalue weighted by Crippen LogP contribution is -2.52. The zero-order valence-corrected chi connectivity index (χ0v) is 52.1. The van der Waals surface area contributed by atoms with Crippen molar-refractivity contribution in [3.63, 3.8) is 0 Å². The summed E-state index contributed by atoms with van der Waals surface area (Å²) >= 11 is 40.6. The van der Waals surface area contributed by atoms with Crippen molar-refractivity contribution in [2.75, 3.05) is 0 Å². The van der Waals surface area contributed by atoms with E-state index >= 15 is 0 Å². The largest absolute Gasteiger partial charge is 0.385 e. The zero-order chi connectivity index (χ0) is 57.9. The maximum Gasteiger partial charge on any atom is 0.185 e. The first kappa shape index (κ1) is 65.3. The number of halogens is 8. The number of nitrogens with two attached hydrogens (primary N) is 5. The number of carbonyl (C=O) groups excluding carboxylic acids is 5. The molecular weight excluding hydrogens is 1300 g/mol. The highest BCUT2D eigenvalue weighted by Gasteiger charge is 2.47. The van der Waals surface area contributed by atoms with Crippen LogP contribution >= 0.6 is 106 Å². The van der Waals surface area contributed by atoms with Gasteiger partial charge in [0.2, 0.25) is 0 Å². The van der Waals surface area contributed by atoms with Crippen LogP contribution in [-0.2, 0) is 51.7 Å². The van der Waals surface area contributed by atoms with Crippen LogP contribution in [0.3, 0.4) is 0 Å². The van der Waals surface area contributed by atoms with Crippen molar-refractivity contribution < 1.29 is 29.1 Å². The van der Waals surface area contributed by atoms with Crippen LogP contribution in [0.1, 0.15) is 131 Å². The number of rotatable bonds is 5. The normalized spacial score (nSPS) is 29.7. The molecule has 0 unspecified atom stereocenters. The Bertz CT molecular complexity index is 2680. The topological polar surface area (TPSA) is 236 Å². The van der Waals surface area contributed by atoms with E-state index in [-0.39, 0.29) is 43.4 Å². The molecule has 5 fully saturated rings. The lowest BCUT2D eigenvalue weighted by atomic mass is 9.75. The van der Waals surface area contributed by atoms with Gasteiger partial charge in [0.15, 0.2) is 28.9 Å². The van der Waals surface area contributed by atoms with Gasteiger partial charge in [0.25, 0.3) is 0 Å². The monoisotopic (exact) mass is 1370 g/mol. The molecule has 0 saturated heterocycles. The standard InChI is InChI=1S/3C12H13BrClNO.C12H14ClNO2.C12H14ClNO/c3*13-9-5-3-7-12(15,11(9)16)8-4-1-2-6-10(8)14;13-9-5-2-1-4-8(9)12(14)7-3-6-10(15)11(12)16;13-10-6-2-1-5-9(10)12(14)8-4-3-7-11(12)15/h3*1-2,4,6,9H,3,5,7,15H2;1-2,4-5,10,15H,3,6-7,14H2;1-2,5-6H,3-4,7-8,14H2/t9-,12+;2*9-,12-;10-,12+;12-/m10010/s1. The van der Waals surface area contributed by atoms with E-state index in [1.807, 2.05) is 72.8 Å². The SMILES string of the molecule is N[C@]1(c2ccccc2Cl)CCCCC1=O.N[C@]1(c2ccccc2Cl)CCC[C@@H](Br)C1=O.N[C@]1(c2ccccc2Cl)CCC[C@@H](O)C1=O.N[C@]1(c2ccccc2Cl)CCC[C@H](Br)C1=O.N[C@]1(c2ccccc2Cl)CCC[C@H](Br)C1=O. The van der Waals surface area contributed by atoms with E-state index in [1.54, 1.807) is 48.5 Å². The molecule has 0 amide bonds. The smallest absolute Gasteiger partial charge is 0.185 e. The molecule has 0 bridgehead atoms. The third-order valence-electron chi connectivity index (χ3n) is 15.5. The van der Waals surface area contributed by atoms with E-state index in [0.29, 0.717) is 75.6 Å². The first-order chi connectivity index (χ1) is 37.4. The van der Waals surface area contributed by atoms with Crippen LogP contribution in [0.15, 0.2) is 121 Å². The fourth-order valence-electron chi connectivity index (χ4n) is 10.9. The lowest BCUT2D eigenvalue weighted by Gasteiger charge is -2.35. The van der Waals surface area contributed by atoms with Gasteiger partial charge < -0.3 is 33.8 Å². The Hall–Kier alpha value is -2.90. The van der Waals surface area contributed by atoms with Gasteiger partial charge in [0.1, 0.15) is 33.8 Å². The predicted molar refractivity (Wildman–Crippen MR) is 330 cm³/mol. The highest BCUT2D eigenvalue weighted by atomic mass is 79.9. The molecule has 5 aromatic carbocycles. The summed E-state index contributed by atoms with van der Waals surface area (Å²) in [5, 5.41) is 12.4. The second-order valence-corrected chi connectivity index (χ2v) is 26.2. The van der Waals surface area contributed by atoms with E-state index < -0.39 is 33.8 Å². The van der Waals surface area contributed by atoms with E-state index in [1.165, 1.54) is 0 Å². The number of aliphatic hydroxyl groups excluding tert-OH is 1. The van der Waals surface area contributed by atoms with Gasteiger partial charge in [0, 0.05) is 31.5 Å². The summed E-state index contributed by atoms with van der Waals surface area (Å²) in [7, 11) is 0. The highest BCUT2D eigenvalue weighted by Crippen LogP contribution is 2.42. The van der Waals surface area contributed by atoms with Gasteiger partial charge in [-0.2, -0.15) is 0 Å². The van der Waals surface area contributed by atoms with Crippen molar-refractivity contribution in [2.45, 2.75) is 151 Å². The summed E-state index contributed by atoms with van der Waals surface area (Å²) in [5.41, 5.74) is 29.9. The first-order valence-electron chi connectivity index (χ1n) is 26.4. The second-order valence-electron chi connectivity index (χ2n) is 20.8. The van der Waals surface area contributed by atoms with E-state index in [2.05, 4.69) is 47.8 Å². The van der Waals surface area contributed by atoms with Crippen LogP contribution in [0, 0.1) is 0 Å². The molecule has 0 radical (unpaired) electrons. The summed E-state index contributed by atoms with van der Waals surface area (Å²) < 4.78 is 0. The molecule has 10 rings (SSSR count). The average molecular weight is 1370 g/mol. The molecule has 11 N–H and O–H groups in total. The number of benzene rings is 5. The highest BCUT2D eigenvalue weighted by molar-refractivity contribution is 9.10. The molecule has 5 saturated carbocycles. The maximum atomic E-state index is 12.2. The molecule has 19 heteroatoms. The molecule has 5 aliphatic rings. The first-order valence-corrected chi connectivity index (χ1v) is 31.0. The van der Waals surface area contributed by atoms with Crippen molar-refractivity contribution in [1.29, 1.82) is 0 Å². The van der Waals surface area contributed by atoms with Gasteiger partial charge in [-0.05, 0) is 148 Å². The van der Waals surface area contributed by atoms with Gasteiger partial charge in [-0.25, -0.2) is 0 Å². The third kappa shape index (κ3) is 14.9. The summed E-state index contributed by atoms with van der Waals surface area (Å²) in [5.74, 6) is -0.112. The van der Waals surface area contributed by atoms with Crippen molar-refractivity contribution >= 4 is 135 Å². The minimum absolute atomic E-state index is 0.0341. The van der Waals surface area contributed by atoms with E-state index in [0.717, 1.165) is 80.0 Å². The molecule has 5 aliphatic carbocycles. The van der Waals surface area contributed by atoms with Crippen molar-refractivity contribution in [2.24, 2.45) is 28.7 Å². The molecule has 0 spiro atoms. The number of carbonyl (C=O) groups is 5. The van der Waals surface area contributed by atoms with Crippen LogP contribution in [0.5, 0.6) is 0 Å². The number of hydrogen-bond donors (Lipinski definition) is 6. The van der Waals surface area contributed by atoms with Gasteiger partial charge >= 0.3 is 0 Å². The predicted octanol–water partition coefficient (Wildman–Crippen LogP) is 13.3. The Labute approximate surface area is 513 Å². The van der Waals surface area contributed by atoms with Crippen LogP contribution in [0.25, 0.3) is 0 Å². The third-order valence-corrected chi connectivity index (χ3v) is 19.8. The van der Waals surface area contributed by atoms with Gasteiger partial charge in [0.05, 0.1) is 14.5 Å². The minimum atomic E-state index is -1.13. The van der Waals surface area contributed by atoms with Crippen molar-refractivity contribution in [3.05, 3.63) is 174 Å². The molecular formula is C60H67Br3Cl5N5O6. The number of ketones is 5. The Morgan fingerprint density at radius 3 is 0.873 bits per heavy atom. The summed E-state index contributed by atoms with van der Waals surface area (Å²) in [4.78, 5) is 59.9. The maximum absolute atomic E-state index is 12.2. The molecule has 5 aromatic rings. The number of aliphatic hydroxyl groups is 1. The molecule has 11 nitrogen and oxygen atoms in total. The fraction of sp³-hybridized carbons (Fsp3) is 0.417. The summed E-state index contributed by atoms with van der Waals surface area (Å²) in [6, 6.07) is 36.4. The van der Waals surface area contributed by atoms with Gasteiger partial charge in [-0.15, -0.1) is 0 Å². The summed E-state index contributed by atoms with van der Waals surface area (Å²) in [6.45, 7) is 0.